The number of aromatic nitrogens is 2. The second-order valence-electron chi connectivity index (χ2n) is 5.88. The zero-order chi connectivity index (χ0) is 17.4. The Labute approximate surface area is 150 Å². The molecule has 0 bridgehead atoms. The number of nitrogens with one attached hydrogen (secondary N) is 2. The van der Waals surface area contributed by atoms with Gasteiger partial charge in [0.1, 0.15) is 5.52 Å². The van der Waals surface area contributed by atoms with Gasteiger partial charge in [-0.2, -0.15) is 0 Å². The Balaban J connectivity index is 1.86. The summed E-state index contributed by atoms with van der Waals surface area (Å²) >= 11 is 6.12. The highest BCUT2D eigenvalue weighted by Crippen LogP contribution is 2.34. The van der Waals surface area contributed by atoms with Crippen LogP contribution in [0.15, 0.2) is 52.5 Å². The van der Waals surface area contributed by atoms with Crippen molar-refractivity contribution >= 4 is 38.2 Å². The summed E-state index contributed by atoms with van der Waals surface area (Å²) in [5, 5.41) is 3.51. The fourth-order valence-corrected chi connectivity index (χ4v) is 5.06. The van der Waals surface area contributed by atoms with Gasteiger partial charge in [-0.1, -0.05) is 23.7 Å². The van der Waals surface area contributed by atoms with Crippen LogP contribution in [0.4, 0.5) is 5.69 Å². The minimum atomic E-state index is -3.75. The van der Waals surface area contributed by atoms with E-state index in [0.29, 0.717) is 11.0 Å². The quantitative estimate of drug-likeness (QED) is 0.734. The van der Waals surface area contributed by atoms with E-state index in [2.05, 4.69) is 20.2 Å². The predicted molar refractivity (Wildman–Crippen MR) is 98.1 cm³/mol. The molecule has 0 radical (unpaired) electrons. The minimum absolute atomic E-state index is 0.0995. The summed E-state index contributed by atoms with van der Waals surface area (Å²) in [6.45, 7) is 3.50. The van der Waals surface area contributed by atoms with Gasteiger partial charge in [0.2, 0.25) is 9.84 Å². The number of piperazine rings is 1. The Kier molecular flexibility index (Phi) is 4.15. The zero-order valence-corrected chi connectivity index (χ0v) is 14.9. The van der Waals surface area contributed by atoms with Crippen LogP contribution in [0.25, 0.3) is 11.0 Å². The van der Waals surface area contributed by atoms with Crippen molar-refractivity contribution in [1.29, 1.82) is 0 Å². The fourth-order valence-electron chi connectivity index (χ4n) is 3.14. The number of hydrogen-bond acceptors (Lipinski definition) is 5. The monoisotopic (exact) mass is 376 g/mol. The van der Waals surface area contributed by atoms with Gasteiger partial charge in [-0.3, -0.25) is 4.98 Å². The molecular formula is C17H17ClN4O2S. The largest absolute Gasteiger partial charge is 0.366 e. The molecule has 1 aromatic carbocycles. The first kappa shape index (κ1) is 16.4. The topological polar surface area (TPSA) is 78.1 Å². The SMILES string of the molecule is O=S(=O)(c1ccccc1Cl)c1ccnc2c(N3CCNCC3)c[nH]c12. The van der Waals surface area contributed by atoms with E-state index in [-0.39, 0.29) is 14.8 Å². The molecule has 1 aliphatic rings. The minimum Gasteiger partial charge on any atom is -0.366 e. The third-order valence-electron chi connectivity index (χ3n) is 4.38. The molecule has 4 rings (SSSR count). The van der Waals surface area contributed by atoms with Gasteiger partial charge in [0.05, 0.1) is 26.0 Å². The standard InChI is InChI=1S/C17H17ClN4O2S/c18-12-3-1-2-4-14(12)25(23,24)15-5-6-20-16-13(11-21-17(15)16)22-9-7-19-8-10-22/h1-6,11,19,21H,7-10H2. The van der Waals surface area contributed by atoms with Crippen LogP contribution in [-0.4, -0.2) is 44.6 Å². The van der Waals surface area contributed by atoms with Crippen molar-refractivity contribution in [1.82, 2.24) is 15.3 Å². The summed E-state index contributed by atoms with van der Waals surface area (Å²) in [7, 11) is -3.75. The van der Waals surface area contributed by atoms with Crippen molar-refractivity contribution in [2.24, 2.45) is 0 Å². The molecule has 0 amide bonds. The second-order valence-corrected chi connectivity index (χ2v) is 8.17. The maximum absolute atomic E-state index is 13.1. The molecule has 2 N–H and O–H groups in total. The van der Waals surface area contributed by atoms with Crippen molar-refractivity contribution in [3.8, 4) is 0 Å². The summed E-state index contributed by atoms with van der Waals surface area (Å²) in [6.07, 6.45) is 3.36. The van der Waals surface area contributed by atoms with Crippen LogP contribution >= 0.6 is 11.6 Å². The van der Waals surface area contributed by atoms with Crippen LogP contribution in [0.3, 0.4) is 0 Å². The van der Waals surface area contributed by atoms with Gasteiger partial charge in [-0.05, 0) is 18.2 Å². The van der Waals surface area contributed by atoms with Gasteiger partial charge in [0, 0.05) is 38.6 Å². The molecule has 3 aromatic rings. The van der Waals surface area contributed by atoms with E-state index < -0.39 is 9.84 Å². The number of halogens is 1. The average Bonchev–Trinajstić information content (AvgIpc) is 3.06. The Hall–Kier alpha value is -2.09. The Bertz CT molecular complexity index is 1030. The first-order valence-electron chi connectivity index (χ1n) is 8.00. The van der Waals surface area contributed by atoms with E-state index in [0.717, 1.165) is 31.9 Å². The molecule has 1 fully saturated rings. The first-order valence-corrected chi connectivity index (χ1v) is 9.86. The highest BCUT2D eigenvalue weighted by atomic mass is 35.5. The van der Waals surface area contributed by atoms with Crippen molar-refractivity contribution in [3.63, 3.8) is 0 Å². The van der Waals surface area contributed by atoms with Gasteiger partial charge in [0.25, 0.3) is 0 Å². The molecule has 130 valence electrons. The molecule has 0 unspecified atom stereocenters. The zero-order valence-electron chi connectivity index (χ0n) is 13.4. The smallest absolute Gasteiger partial charge is 0.210 e. The molecular weight excluding hydrogens is 360 g/mol. The van der Waals surface area contributed by atoms with E-state index in [1.54, 1.807) is 18.2 Å². The fraction of sp³-hybridized carbons (Fsp3) is 0.235. The Morgan fingerprint density at radius 1 is 1.08 bits per heavy atom. The second kappa shape index (κ2) is 6.33. The first-order chi connectivity index (χ1) is 12.1. The number of hydrogen-bond donors (Lipinski definition) is 2. The molecule has 1 aliphatic heterocycles. The number of anilines is 1. The number of fused-ring (bicyclic) bond motifs is 1. The number of benzene rings is 1. The van der Waals surface area contributed by atoms with E-state index in [9.17, 15) is 8.42 Å². The van der Waals surface area contributed by atoms with E-state index in [4.69, 9.17) is 11.6 Å². The summed E-state index contributed by atoms with van der Waals surface area (Å²) in [4.78, 5) is 10.0. The molecule has 25 heavy (non-hydrogen) atoms. The maximum Gasteiger partial charge on any atom is 0.210 e. The van der Waals surface area contributed by atoms with E-state index >= 15 is 0 Å². The third kappa shape index (κ3) is 2.78. The highest BCUT2D eigenvalue weighted by molar-refractivity contribution is 7.91. The normalized spacial score (nSPS) is 15.6. The summed E-state index contributed by atoms with van der Waals surface area (Å²) in [5.74, 6) is 0. The molecule has 8 heteroatoms. The van der Waals surface area contributed by atoms with Gasteiger partial charge >= 0.3 is 0 Å². The lowest BCUT2D eigenvalue weighted by Gasteiger charge is -2.28. The van der Waals surface area contributed by atoms with Crippen LogP contribution in [-0.2, 0) is 9.84 Å². The molecule has 0 atom stereocenters. The van der Waals surface area contributed by atoms with Gasteiger partial charge < -0.3 is 15.2 Å². The molecule has 3 heterocycles. The van der Waals surface area contributed by atoms with Crippen LogP contribution in [0, 0.1) is 0 Å². The van der Waals surface area contributed by atoms with E-state index in [1.165, 1.54) is 18.3 Å². The lowest BCUT2D eigenvalue weighted by molar-refractivity contribution is 0.590. The number of aromatic amines is 1. The number of H-pyrrole nitrogens is 1. The van der Waals surface area contributed by atoms with Crippen LogP contribution < -0.4 is 10.2 Å². The Morgan fingerprint density at radius 2 is 1.84 bits per heavy atom. The molecule has 0 aliphatic carbocycles. The number of nitrogens with zero attached hydrogens (tertiary/aromatic N) is 2. The molecule has 6 nitrogen and oxygen atoms in total. The maximum atomic E-state index is 13.1. The van der Waals surface area contributed by atoms with Crippen LogP contribution in [0.1, 0.15) is 0 Å². The number of rotatable bonds is 3. The van der Waals surface area contributed by atoms with E-state index in [1.807, 2.05) is 6.20 Å². The summed E-state index contributed by atoms with van der Waals surface area (Å²) < 4.78 is 26.2. The molecule has 2 aromatic heterocycles. The van der Waals surface area contributed by atoms with Crippen molar-refractivity contribution in [2.45, 2.75) is 9.79 Å². The lowest BCUT2D eigenvalue weighted by Crippen LogP contribution is -2.43. The summed E-state index contributed by atoms with van der Waals surface area (Å²) in [6, 6.07) is 7.98. The van der Waals surface area contributed by atoms with Crippen molar-refractivity contribution < 1.29 is 8.42 Å². The van der Waals surface area contributed by atoms with Gasteiger partial charge in [-0.25, -0.2) is 8.42 Å². The molecule has 1 saturated heterocycles. The summed E-state index contributed by atoms with van der Waals surface area (Å²) in [5.41, 5.74) is 2.10. The lowest BCUT2D eigenvalue weighted by atomic mass is 10.3. The van der Waals surface area contributed by atoms with Crippen molar-refractivity contribution in [3.05, 3.63) is 47.7 Å². The third-order valence-corrected chi connectivity index (χ3v) is 6.68. The van der Waals surface area contributed by atoms with Crippen LogP contribution in [0.2, 0.25) is 5.02 Å². The highest BCUT2D eigenvalue weighted by Gasteiger charge is 2.25. The average molecular weight is 377 g/mol. The number of sulfone groups is 1. The van der Waals surface area contributed by atoms with Gasteiger partial charge in [0.15, 0.2) is 0 Å². The number of pyridine rings is 1. The Morgan fingerprint density at radius 3 is 2.60 bits per heavy atom. The van der Waals surface area contributed by atoms with Crippen molar-refractivity contribution in [2.75, 3.05) is 31.1 Å². The molecule has 0 spiro atoms. The predicted octanol–water partition coefficient (Wildman–Crippen LogP) is 2.46. The van der Waals surface area contributed by atoms with Gasteiger partial charge in [-0.15, -0.1) is 0 Å². The van der Waals surface area contributed by atoms with Crippen LogP contribution in [0.5, 0.6) is 0 Å². The molecule has 0 saturated carbocycles.